The molecular formula is C31H27ClF2N4O3S. The van der Waals surface area contributed by atoms with Crippen molar-refractivity contribution in [3.8, 4) is 11.3 Å². The van der Waals surface area contributed by atoms with Crippen molar-refractivity contribution in [1.82, 2.24) is 14.4 Å². The molecule has 216 valence electrons. The second-order valence-corrected chi connectivity index (χ2v) is 13.0. The summed E-state index contributed by atoms with van der Waals surface area (Å²) in [4.78, 5) is 14.0. The summed E-state index contributed by atoms with van der Waals surface area (Å²) in [5.74, 6) is -1.22. The normalized spacial score (nSPS) is 28.6. The van der Waals surface area contributed by atoms with Crippen molar-refractivity contribution >= 4 is 35.1 Å². The highest BCUT2D eigenvalue weighted by Gasteiger charge is 2.82. The summed E-state index contributed by atoms with van der Waals surface area (Å²) in [7, 11) is 0. The van der Waals surface area contributed by atoms with Gasteiger partial charge in [0, 0.05) is 47.1 Å². The lowest BCUT2D eigenvalue weighted by atomic mass is 9.26. The molecule has 3 heterocycles. The zero-order valence-corrected chi connectivity index (χ0v) is 23.9. The van der Waals surface area contributed by atoms with Gasteiger partial charge in [0.15, 0.2) is 17.4 Å². The van der Waals surface area contributed by atoms with Crippen LogP contribution in [0.3, 0.4) is 0 Å². The van der Waals surface area contributed by atoms with Gasteiger partial charge in [-0.15, -0.1) is 0 Å². The molecule has 42 heavy (non-hydrogen) atoms. The van der Waals surface area contributed by atoms with E-state index in [0.29, 0.717) is 47.0 Å². The van der Waals surface area contributed by atoms with Crippen molar-refractivity contribution in [3.63, 3.8) is 0 Å². The molecule has 0 radical (unpaired) electrons. The van der Waals surface area contributed by atoms with Gasteiger partial charge >= 0.3 is 0 Å². The highest BCUT2D eigenvalue weighted by Crippen LogP contribution is 2.81. The average molecular weight is 609 g/mol. The number of amides is 1. The van der Waals surface area contributed by atoms with Gasteiger partial charge < -0.3 is 19.5 Å². The minimum Gasteiger partial charge on any atom is -0.383 e. The number of hydrogen-bond acceptors (Lipinski definition) is 6. The maximum absolute atomic E-state index is 13.7. The second-order valence-electron chi connectivity index (χ2n) is 11.8. The van der Waals surface area contributed by atoms with Gasteiger partial charge in [-0.05, 0) is 68.0 Å². The lowest BCUT2D eigenvalue weighted by Gasteiger charge is -2.80. The topological polar surface area (TPSA) is 92.3 Å². The van der Waals surface area contributed by atoms with Crippen LogP contribution < -0.4 is 10.0 Å². The molecule has 3 saturated carbocycles. The summed E-state index contributed by atoms with van der Waals surface area (Å²) in [6.45, 7) is 0.656. The number of carbonyl (C=O) groups is 1. The maximum Gasteiger partial charge on any atom is 0.273 e. The lowest BCUT2D eigenvalue weighted by molar-refractivity contribution is -0.367. The monoisotopic (exact) mass is 608 g/mol. The molecule has 2 aromatic heterocycles. The number of anilines is 1. The van der Waals surface area contributed by atoms with Gasteiger partial charge in [0.2, 0.25) is 0 Å². The van der Waals surface area contributed by atoms with Crippen LogP contribution in [-0.2, 0) is 18.6 Å². The summed E-state index contributed by atoms with van der Waals surface area (Å²) in [5, 5.41) is 19.1. The Morgan fingerprint density at radius 2 is 1.98 bits per heavy atom. The van der Waals surface area contributed by atoms with Gasteiger partial charge in [0.1, 0.15) is 17.0 Å². The van der Waals surface area contributed by atoms with Crippen LogP contribution in [0.25, 0.3) is 11.3 Å². The summed E-state index contributed by atoms with van der Waals surface area (Å²) < 4.78 is 38.2. The Morgan fingerprint density at radius 1 is 1.14 bits per heavy atom. The molecule has 4 aliphatic rings. The summed E-state index contributed by atoms with van der Waals surface area (Å²) in [6, 6.07) is 15.1. The molecule has 7 nitrogen and oxygen atoms in total. The molecule has 11 heteroatoms. The first kappa shape index (κ1) is 26.4. The quantitative estimate of drug-likeness (QED) is 0.206. The first-order chi connectivity index (χ1) is 20.3. The number of halogens is 3. The van der Waals surface area contributed by atoms with Crippen LogP contribution in [0.2, 0.25) is 5.02 Å². The first-order valence-electron chi connectivity index (χ1n) is 14.2. The van der Waals surface area contributed by atoms with E-state index in [0.717, 1.165) is 54.0 Å². The van der Waals surface area contributed by atoms with E-state index in [2.05, 4.69) is 15.2 Å². The Hall–Kier alpha value is -3.18. The predicted molar refractivity (Wildman–Crippen MR) is 154 cm³/mol. The zero-order chi connectivity index (χ0) is 28.8. The fourth-order valence-electron chi connectivity index (χ4n) is 8.01. The van der Waals surface area contributed by atoms with E-state index in [9.17, 15) is 18.7 Å². The van der Waals surface area contributed by atoms with Gasteiger partial charge in [0.25, 0.3) is 5.91 Å². The molecule has 4 aromatic rings. The molecule has 0 bridgehead atoms. The smallest absolute Gasteiger partial charge is 0.273 e. The Morgan fingerprint density at radius 3 is 2.71 bits per heavy atom. The summed E-state index contributed by atoms with van der Waals surface area (Å²) in [6.07, 6.45) is 4.25. The number of rotatable bonds is 7. The number of aliphatic hydroxyl groups is 1. The number of nitrogens with zero attached hydrogens (tertiary/aromatic N) is 2. The van der Waals surface area contributed by atoms with Gasteiger partial charge in [-0.25, -0.2) is 8.78 Å². The fraction of sp³-hybridized carbons (Fsp3) is 0.355. The van der Waals surface area contributed by atoms with Gasteiger partial charge in [0.05, 0.1) is 9.92 Å². The van der Waals surface area contributed by atoms with Gasteiger partial charge in [-0.2, -0.15) is 0 Å². The molecule has 2 aromatic carbocycles. The number of aromatic nitrogens is 2. The van der Waals surface area contributed by atoms with Crippen LogP contribution in [0, 0.1) is 28.9 Å². The maximum atomic E-state index is 13.7. The second kappa shape index (κ2) is 9.41. The van der Waals surface area contributed by atoms with Crippen molar-refractivity contribution in [2.45, 2.75) is 55.2 Å². The molecule has 1 spiro atoms. The molecule has 5 atom stereocenters. The Bertz CT molecular complexity index is 1740. The van der Waals surface area contributed by atoms with Crippen molar-refractivity contribution < 1.29 is 23.2 Å². The average Bonchev–Trinajstić information content (AvgIpc) is 3.69. The third kappa shape index (κ3) is 3.52. The SMILES string of the molecule is O=C(Nc1ccc(F)c(F)c1)c1c(Cl)c(SNC2C3CCC34C2CC4(O)c2cc(-c3ccccc3)on2)c2n1CCC2. The van der Waals surface area contributed by atoms with Crippen LogP contribution in [0.1, 0.15) is 47.6 Å². The number of hydrogen-bond donors (Lipinski definition) is 3. The summed E-state index contributed by atoms with van der Waals surface area (Å²) >= 11 is 8.26. The number of carbonyl (C=O) groups excluding carboxylic acids is 1. The Balaban J connectivity index is 0.986. The van der Waals surface area contributed by atoms with Gasteiger partial charge in [-0.1, -0.05) is 47.1 Å². The lowest BCUT2D eigenvalue weighted by Crippen LogP contribution is -2.84. The van der Waals surface area contributed by atoms with Crippen molar-refractivity contribution in [2.24, 2.45) is 17.3 Å². The minimum atomic E-state index is -1.03. The van der Waals surface area contributed by atoms with E-state index in [1.165, 1.54) is 18.0 Å². The number of nitrogens with one attached hydrogen (secondary N) is 2. The first-order valence-corrected chi connectivity index (χ1v) is 15.4. The van der Waals surface area contributed by atoms with Crippen LogP contribution in [-0.4, -0.2) is 26.8 Å². The Labute approximate surface area is 249 Å². The molecular weight excluding hydrogens is 582 g/mol. The molecule has 3 aliphatic carbocycles. The van der Waals surface area contributed by atoms with Crippen LogP contribution in [0.5, 0.6) is 0 Å². The van der Waals surface area contributed by atoms with Crippen molar-refractivity contribution in [2.75, 3.05) is 5.32 Å². The van der Waals surface area contributed by atoms with E-state index in [4.69, 9.17) is 16.1 Å². The Kier molecular flexibility index (Phi) is 5.92. The molecule has 8 rings (SSSR count). The van der Waals surface area contributed by atoms with Crippen LogP contribution in [0.4, 0.5) is 14.5 Å². The highest BCUT2D eigenvalue weighted by molar-refractivity contribution is 7.97. The van der Waals surface area contributed by atoms with E-state index in [-0.39, 0.29) is 17.1 Å². The molecule has 5 unspecified atom stereocenters. The molecule has 0 saturated heterocycles. The van der Waals surface area contributed by atoms with E-state index in [1.807, 2.05) is 41.0 Å². The van der Waals surface area contributed by atoms with E-state index in [1.54, 1.807) is 0 Å². The third-order valence-corrected chi connectivity index (χ3v) is 11.6. The van der Waals surface area contributed by atoms with E-state index >= 15 is 0 Å². The van der Waals surface area contributed by atoms with Crippen molar-refractivity contribution in [1.29, 1.82) is 0 Å². The summed E-state index contributed by atoms with van der Waals surface area (Å²) in [5.41, 5.74) is 1.82. The highest BCUT2D eigenvalue weighted by atomic mass is 35.5. The zero-order valence-electron chi connectivity index (χ0n) is 22.4. The van der Waals surface area contributed by atoms with Crippen molar-refractivity contribution in [3.05, 3.63) is 88.3 Å². The van der Waals surface area contributed by atoms with Gasteiger partial charge in [-0.3, -0.25) is 9.52 Å². The molecule has 1 aliphatic heterocycles. The standard InChI is InChI=1S/C31H27ClF2N4O3S/c32-25-27(29(39)35-17-8-9-20(33)21(34)13-17)38-12-4-7-22(38)28(25)42-37-26-18-10-11-30(18)19(26)15-31(30,40)24-14-23(41-36-24)16-5-2-1-3-6-16/h1-3,5-6,8-9,13-14,18-19,26,37,40H,4,7,10-12,15H2,(H,35,39). The largest absolute Gasteiger partial charge is 0.383 e. The molecule has 3 fully saturated rings. The predicted octanol–water partition coefficient (Wildman–Crippen LogP) is 6.56. The third-order valence-electron chi connectivity index (χ3n) is 10.1. The van der Waals surface area contributed by atoms with Crippen LogP contribution >= 0.6 is 23.5 Å². The minimum absolute atomic E-state index is 0.159. The number of fused-ring (bicyclic) bond motifs is 1. The molecule has 3 N–H and O–H groups in total. The van der Waals surface area contributed by atoms with E-state index < -0.39 is 23.1 Å². The van der Waals surface area contributed by atoms with Crippen LogP contribution in [0.15, 0.2) is 64.0 Å². The number of benzene rings is 2. The fourth-order valence-corrected chi connectivity index (χ4v) is 9.53. The molecule has 1 amide bonds.